The molecule has 1 aromatic rings. The van der Waals surface area contributed by atoms with E-state index in [-0.39, 0.29) is 12.3 Å². The van der Waals surface area contributed by atoms with Crippen LogP contribution in [0.4, 0.5) is 11.5 Å². The summed E-state index contributed by atoms with van der Waals surface area (Å²) in [6.07, 6.45) is 5.23. The van der Waals surface area contributed by atoms with Gasteiger partial charge in [0.25, 0.3) is 5.69 Å². The Morgan fingerprint density at radius 2 is 2.39 bits per heavy atom. The van der Waals surface area contributed by atoms with E-state index in [9.17, 15) is 10.1 Å². The van der Waals surface area contributed by atoms with Gasteiger partial charge in [0.1, 0.15) is 12.0 Å². The predicted octanol–water partition coefficient (Wildman–Crippen LogP) is 1.73. The number of hydrogen-bond acceptors (Lipinski definition) is 5. The molecule has 1 saturated heterocycles. The number of aliphatic hydroxyl groups excluding tert-OH is 1. The fraction of sp³-hybridized carbons (Fsp3) is 0.583. The Balaban J connectivity index is 2.07. The summed E-state index contributed by atoms with van der Waals surface area (Å²) >= 11 is 0. The molecular formula is C12H17N3O3. The van der Waals surface area contributed by atoms with Crippen molar-refractivity contribution in [1.29, 1.82) is 0 Å². The van der Waals surface area contributed by atoms with Gasteiger partial charge in [-0.05, 0) is 31.7 Å². The highest BCUT2D eigenvalue weighted by atomic mass is 16.6. The predicted molar refractivity (Wildman–Crippen MR) is 67.6 cm³/mol. The van der Waals surface area contributed by atoms with E-state index in [1.165, 1.54) is 12.3 Å². The fourth-order valence-corrected chi connectivity index (χ4v) is 2.42. The largest absolute Gasteiger partial charge is 0.396 e. The quantitative estimate of drug-likeness (QED) is 0.636. The smallest absolute Gasteiger partial charge is 0.287 e. The molecule has 1 atom stereocenters. The second-order valence-corrected chi connectivity index (χ2v) is 4.49. The van der Waals surface area contributed by atoms with Gasteiger partial charge in [0.05, 0.1) is 4.92 Å². The van der Waals surface area contributed by atoms with Crippen molar-refractivity contribution in [2.24, 2.45) is 0 Å². The third-order valence-corrected chi connectivity index (χ3v) is 3.31. The Kier molecular flexibility index (Phi) is 4.09. The first-order valence-corrected chi connectivity index (χ1v) is 6.20. The highest BCUT2D eigenvalue weighted by Crippen LogP contribution is 2.27. The van der Waals surface area contributed by atoms with E-state index in [0.29, 0.717) is 6.04 Å². The van der Waals surface area contributed by atoms with Crippen LogP contribution in [0.25, 0.3) is 0 Å². The summed E-state index contributed by atoms with van der Waals surface area (Å²) in [5.41, 5.74) is 0.0184. The van der Waals surface area contributed by atoms with Crippen molar-refractivity contribution >= 4 is 11.5 Å². The average Bonchev–Trinajstić information content (AvgIpc) is 2.84. The van der Waals surface area contributed by atoms with Gasteiger partial charge in [0.2, 0.25) is 0 Å². The molecule has 0 aromatic carbocycles. The van der Waals surface area contributed by atoms with Crippen LogP contribution in [0.1, 0.15) is 25.7 Å². The first kappa shape index (κ1) is 12.8. The van der Waals surface area contributed by atoms with Crippen LogP contribution in [0.15, 0.2) is 18.3 Å². The zero-order chi connectivity index (χ0) is 13.0. The molecule has 1 aliphatic rings. The van der Waals surface area contributed by atoms with E-state index in [1.54, 1.807) is 6.07 Å². The molecule has 1 unspecified atom stereocenters. The number of hydrogen-bond donors (Lipinski definition) is 1. The lowest BCUT2D eigenvalue weighted by Gasteiger charge is -2.25. The van der Waals surface area contributed by atoms with Crippen LogP contribution in [0.5, 0.6) is 0 Å². The van der Waals surface area contributed by atoms with E-state index in [2.05, 4.69) is 9.88 Å². The van der Waals surface area contributed by atoms with E-state index in [0.717, 1.165) is 38.0 Å². The minimum atomic E-state index is -0.440. The van der Waals surface area contributed by atoms with Crippen LogP contribution in [0.2, 0.25) is 0 Å². The molecule has 6 heteroatoms. The summed E-state index contributed by atoms with van der Waals surface area (Å²) in [5, 5.41) is 19.4. The highest BCUT2D eigenvalue weighted by molar-refractivity contribution is 5.44. The molecule has 2 heterocycles. The second kappa shape index (κ2) is 5.77. The molecule has 2 rings (SSSR count). The number of aromatic nitrogens is 1. The van der Waals surface area contributed by atoms with Gasteiger partial charge < -0.3 is 10.0 Å². The number of anilines is 1. The van der Waals surface area contributed by atoms with Crippen molar-refractivity contribution in [3.8, 4) is 0 Å². The van der Waals surface area contributed by atoms with E-state index >= 15 is 0 Å². The first-order valence-electron chi connectivity index (χ1n) is 6.20. The minimum absolute atomic E-state index is 0.0184. The van der Waals surface area contributed by atoms with Crippen LogP contribution in [0.3, 0.4) is 0 Å². The van der Waals surface area contributed by atoms with Crippen LogP contribution in [-0.2, 0) is 0 Å². The van der Waals surface area contributed by atoms with Crippen molar-refractivity contribution in [3.05, 3.63) is 28.4 Å². The molecule has 1 aromatic heterocycles. The lowest BCUT2D eigenvalue weighted by molar-refractivity contribution is -0.385. The van der Waals surface area contributed by atoms with Gasteiger partial charge in [-0.3, -0.25) is 10.1 Å². The van der Waals surface area contributed by atoms with Gasteiger partial charge in [-0.25, -0.2) is 4.98 Å². The average molecular weight is 251 g/mol. The molecule has 18 heavy (non-hydrogen) atoms. The minimum Gasteiger partial charge on any atom is -0.396 e. The van der Waals surface area contributed by atoms with Crippen molar-refractivity contribution in [2.75, 3.05) is 18.1 Å². The molecule has 1 N–H and O–H groups in total. The lowest BCUT2D eigenvalue weighted by Crippen LogP contribution is -2.30. The number of nitrogens with zero attached hydrogens (tertiary/aromatic N) is 3. The van der Waals surface area contributed by atoms with E-state index < -0.39 is 4.92 Å². The monoisotopic (exact) mass is 251 g/mol. The normalized spacial score (nSPS) is 19.2. The van der Waals surface area contributed by atoms with E-state index in [1.807, 2.05) is 0 Å². The van der Waals surface area contributed by atoms with Gasteiger partial charge in [0, 0.05) is 25.3 Å². The fourth-order valence-electron chi connectivity index (χ4n) is 2.42. The molecule has 1 aliphatic heterocycles. The molecule has 0 bridgehead atoms. The van der Waals surface area contributed by atoms with Crippen LogP contribution < -0.4 is 4.90 Å². The second-order valence-electron chi connectivity index (χ2n) is 4.49. The Morgan fingerprint density at radius 3 is 3.00 bits per heavy atom. The van der Waals surface area contributed by atoms with E-state index in [4.69, 9.17) is 5.11 Å². The van der Waals surface area contributed by atoms with Crippen molar-refractivity contribution in [3.63, 3.8) is 0 Å². The highest BCUT2D eigenvalue weighted by Gasteiger charge is 2.25. The number of rotatable bonds is 5. The standard InChI is InChI=1S/C12H17N3O3/c16-8-2-4-10-3-1-7-14(10)12-6-5-11(9-13-12)15(17)18/h5-6,9-10,16H,1-4,7-8H2. The van der Waals surface area contributed by atoms with Crippen LogP contribution in [0, 0.1) is 10.1 Å². The Labute approximate surface area is 105 Å². The number of nitro groups is 1. The summed E-state index contributed by atoms with van der Waals surface area (Å²) in [7, 11) is 0. The number of pyridine rings is 1. The zero-order valence-electron chi connectivity index (χ0n) is 10.2. The summed E-state index contributed by atoms with van der Waals surface area (Å²) < 4.78 is 0. The molecule has 6 nitrogen and oxygen atoms in total. The SMILES string of the molecule is O=[N+]([O-])c1ccc(N2CCCC2CCCO)nc1. The van der Waals surface area contributed by atoms with Crippen LogP contribution in [-0.4, -0.2) is 34.2 Å². The van der Waals surface area contributed by atoms with Crippen molar-refractivity contribution in [2.45, 2.75) is 31.7 Å². The van der Waals surface area contributed by atoms with Gasteiger partial charge in [-0.1, -0.05) is 0 Å². The summed E-state index contributed by atoms with van der Waals surface area (Å²) in [6.45, 7) is 1.14. The third-order valence-electron chi connectivity index (χ3n) is 3.31. The maximum absolute atomic E-state index is 10.6. The van der Waals surface area contributed by atoms with Gasteiger partial charge in [-0.15, -0.1) is 0 Å². The molecule has 98 valence electrons. The molecule has 0 aliphatic carbocycles. The molecule has 0 radical (unpaired) electrons. The van der Waals surface area contributed by atoms with Gasteiger partial charge in [0.15, 0.2) is 0 Å². The molecule has 0 spiro atoms. The summed E-state index contributed by atoms with van der Waals surface area (Å²) in [6, 6.07) is 3.59. The Bertz CT molecular complexity index is 408. The molecular weight excluding hydrogens is 234 g/mol. The molecule has 0 amide bonds. The van der Waals surface area contributed by atoms with Crippen molar-refractivity contribution < 1.29 is 10.0 Å². The third kappa shape index (κ3) is 2.76. The Hall–Kier alpha value is -1.69. The Morgan fingerprint density at radius 1 is 1.56 bits per heavy atom. The van der Waals surface area contributed by atoms with Gasteiger partial charge in [-0.2, -0.15) is 0 Å². The lowest BCUT2D eigenvalue weighted by atomic mass is 10.1. The molecule has 1 fully saturated rings. The van der Waals surface area contributed by atoms with Crippen molar-refractivity contribution in [1.82, 2.24) is 4.98 Å². The summed E-state index contributed by atoms with van der Waals surface area (Å²) in [5.74, 6) is 0.793. The molecule has 0 saturated carbocycles. The van der Waals surface area contributed by atoms with Gasteiger partial charge >= 0.3 is 0 Å². The summed E-state index contributed by atoms with van der Waals surface area (Å²) in [4.78, 5) is 16.5. The topological polar surface area (TPSA) is 79.5 Å². The maximum Gasteiger partial charge on any atom is 0.287 e. The number of aliphatic hydroxyl groups is 1. The van der Waals surface area contributed by atoms with Crippen LogP contribution >= 0.6 is 0 Å². The maximum atomic E-state index is 10.6. The zero-order valence-corrected chi connectivity index (χ0v) is 10.2. The first-order chi connectivity index (χ1) is 8.72.